The van der Waals surface area contributed by atoms with Crippen molar-refractivity contribution in [3.8, 4) is 18.2 Å². The molecule has 25 heavy (non-hydrogen) atoms. The second-order valence-corrected chi connectivity index (χ2v) is 5.25. The highest BCUT2D eigenvalue weighted by Crippen LogP contribution is 2.52. The first-order valence-corrected chi connectivity index (χ1v) is 6.97. The number of hydrogen-bond donors (Lipinski definition) is 1. The van der Waals surface area contributed by atoms with Gasteiger partial charge in [-0.3, -0.25) is 0 Å². The summed E-state index contributed by atoms with van der Waals surface area (Å²) in [7, 11) is 1.65. The zero-order valence-electron chi connectivity index (χ0n) is 13.2. The van der Waals surface area contributed by atoms with Crippen LogP contribution in [-0.4, -0.2) is 18.8 Å². The van der Waals surface area contributed by atoms with E-state index in [0.717, 1.165) is 6.92 Å². The normalized spacial score (nSPS) is 19.5. The van der Waals surface area contributed by atoms with E-state index in [1.807, 2.05) is 0 Å². The highest BCUT2D eigenvalue weighted by atomic mass is 19.4. The predicted molar refractivity (Wildman–Crippen MR) is 82.3 cm³/mol. The van der Waals surface area contributed by atoms with Gasteiger partial charge in [0.2, 0.25) is 5.60 Å². The molecule has 0 bridgehead atoms. The number of ether oxygens (including phenoxy) is 1. The number of halogens is 3. The molecule has 0 saturated carbocycles. The summed E-state index contributed by atoms with van der Waals surface area (Å²) in [5, 5.41) is 30.2. The highest BCUT2D eigenvalue weighted by Gasteiger charge is 2.61. The number of allylic oxidation sites excluding steroid dienone is 2. The molecule has 1 atom stereocenters. The molecule has 1 heterocycles. The molecule has 1 unspecified atom stereocenters. The van der Waals surface area contributed by atoms with Gasteiger partial charge >= 0.3 is 6.18 Å². The second kappa shape index (κ2) is 6.22. The Kier molecular flexibility index (Phi) is 4.46. The van der Waals surface area contributed by atoms with Crippen LogP contribution in [0.15, 0.2) is 41.2 Å². The van der Waals surface area contributed by atoms with Crippen molar-refractivity contribution < 1.29 is 17.9 Å². The Labute approximate surface area is 141 Å². The van der Waals surface area contributed by atoms with E-state index < -0.39 is 34.3 Å². The molecule has 8 heteroatoms. The fourth-order valence-electron chi connectivity index (χ4n) is 2.49. The predicted octanol–water partition coefficient (Wildman–Crippen LogP) is 3.66. The summed E-state index contributed by atoms with van der Waals surface area (Å²) in [5.74, 6) is -0.653. The van der Waals surface area contributed by atoms with Gasteiger partial charge in [-0.15, -0.1) is 0 Å². The van der Waals surface area contributed by atoms with Gasteiger partial charge in [0.05, 0.1) is 0 Å². The van der Waals surface area contributed by atoms with Crippen molar-refractivity contribution in [2.75, 3.05) is 12.4 Å². The number of hydrogen-bond acceptors (Lipinski definition) is 5. The molecule has 0 saturated heterocycles. The van der Waals surface area contributed by atoms with Crippen molar-refractivity contribution in [3.05, 3.63) is 46.7 Å². The van der Waals surface area contributed by atoms with Crippen molar-refractivity contribution in [3.63, 3.8) is 0 Å². The van der Waals surface area contributed by atoms with Crippen LogP contribution in [0.5, 0.6) is 0 Å². The van der Waals surface area contributed by atoms with E-state index in [2.05, 4.69) is 5.32 Å². The van der Waals surface area contributed by atoms with Gasteiger partial charge in [0.25, 0.3) is 0 Å². The monoisotopic (exact) mass is 344 g/mol. The van der Waals surface area contributed by atoms with Crippen molar-refractivity contribution in [1.29, 1.82) is 15.8 Å². The molecule has 5 nitrogen and oxygen atoms in total. The molecule has 0 fully saturated rings. The fourth-order valence-corrected chi connectivity index (χ4v) is 2.49. The third-order valence-electron chi connectivity index (χ3n) is 3.83. The van der Waals surface area contributed by atoms with Gasteiger partial charge in [-0.05, 0) is 24.6 Å². The largest absolute Gasteiger partial charge is 0.470 e. The minimum Gasteiger partial charge on any atom is -0.470 e. The van der Waals surface area contributed by atoms with Crippen LogP contribution < -0.4 is 5.32 Å². The maximum atomic E-state index is 13.7. The number of benzene rings is 1. The SMILES string of the molecule is CNc1ccc(C2=C(C#N)C(=C(C#N)C#N)OC2(C)C(F)(F)F)cc1. The zero-order chi connectivity index (χ0) is 18.8. The van der Waals surface area contributed by atoms with E-state index in [-0.39, 0.29) is 5.56 Å². The third-order valence-corrected chi connectivity index (χ3v) is 3.83. The van der Waals surface area contributed by atoms with Crippen LogP contribution in [0.3, 0.4) is 0 Å². The second-order valence-electron chi connectivity index (χ2n) is 5.25. The van der Waals surface area contributed by atoms with Gasteiger partial charge in [-0.1, -0.05) is 12.1 Å². The average Bonchev–Trinajstić information content (AvgIpc) is 2.89. The molecule has 0 radical (unpaired) electrons. The summed E-state index contributed by atoms with van der Waals surface area (Å²) in [4.78, 5) is 0. The van der Waals surface area contributed by atoms with Gasteiger partial charge < -0.3 is 10.1 Å². The minimum atomic E-state index is -4.87. The minimum absolute atomic E-state index is 0.112. The van der Waals surface area contributed by atoms with Crippen molar-refractivity contribution >= 4 is 11.3 Å². The van der Waals surface area contributed by atoms with E-state index >= 15 is 0 Å². The van der Waals surface area contributed by atoms with Crippen LogP contribution in [0, 0.1) is 34.0 Å². The van der Waals surface area contributed by atoms with Crippen molar-refractivity contribution in [2.45, 2.75) is 18.7 Å². The molecular weight excluding hydrogens is 333 g/mol. The summed E-state index contributed by atoms with van der Waals surface area (Å²) in [5.41, 5.74) is -3.67. The third kappa shape index (κ3) is 2.77. The number of alkyl halides is 3. The molecule has 0 amide bonds. The molecular formula is C17H11F3N4O. The van der Waals surface area contributed by atoms with Crippen molar-refractivity contribution in [2.24, 2.45) is 0 Å². The molecule has 0 aliphatic carbocycles. The van der Waals surface area contributed by atoms with Gasteiger partial charge in [0.1, 0.15) is 23.8 Å². The molecule has 1 aliphatic rings. The lowest BCUT2D eigenvalue weighted by Crippen LogP contribution is -2.43. The van der Waals surface area contributed by atoms with E-state index in [1.54, 1.807) is 25.2 Å². The van der Waals surface area contributed by atoms with E-state index in [9.17, 15) is 18.4 Å². The van der Waals surface area contributed by atoms with Gasteiger partial charge in [-0.2, -0.15) is 29.0 Å². The van der Waals surface area contributed by atoms with Gasteiger partial charge in [0, 0.05) is 18.3 Å². The first-order valence-electron chi connectivity index (χ1n) is 6.97. The first kappa shape index (κ1) is 17.9. The molecule has 1 aliphatic heterocycles. The van der Waals surface area contributed by atoms with Gasteiger partial charge in [-0.25, -0.2) is 0 Å². The Balaban J connectivity index is 2.85. The first-order chi connectivity index (χ1) is 11.7. The summed E-state index contributed by atoms with van der Waals surface area (Å²) in [6.45, 7) is 0.769. The summed E-state index contributed by atoms with van der Waals surface area (Å²) in [6, 6.07) is 10.5. The summed E-state index contributed by atoms with van der Waals surface area (Å²) in [6.07, 6.45) is -4.87. The Bertz CT molecular complexity index is 876. The lowest BCUT2D eigenvalue weighted by molar-refractivity contribution is -0.229. The van der Waals surface area contributed by atoms with Crippen molar-refractivity contribution in [1.82, 2.24) is 0 Å². The highest BCUT2D eigenvalue weighted by molar-refractivity contribution is 5.85. The Morgan fingerprint density at radius 2 is 1.68 bits per heavy atom. The van der Waals surface area contributed by atoms with Crippen LogP contribution in [0.25, 0.3) is 5.57 Å². The smallest absolute Gasteiger partial charge is 0.432 e. The maximum Gasteiger partial charge on any atom is 0.432 e. The molecule has 0 aromatic heterocycles. The Morgan fingerprint density at radius 3 is 2.08 bits per heavy atom. The average molecular weight is 344 g/mol. The molecule has 1 N–H and O–H groups in total. The topological polar surface area (TPSA) is 92.6 Å². The lowest BCUT2D eigenvalue weighted by Gasteiger charge is -2.30. The van der Waals surface area contributed by atoms with Gasteiger partial charge in [0.15, 0.2) is 11.3 Å². The molecule has 2 rings (SSSR count). The standard InChI is InChI=1S/C17H11F3N4O/c1-16(17(18,19)20)14(10-3-5-12(24-2)6-4-10)13(9-23)15(25-16)11(7-21)8-22/h3-6,24H,1-2H3. The molecule has 0 spiro atoms. The number of rotatable bonds is 2. The quantitative estimate of drug-likeness (QED) is 0.827. The lowest BCUT2D eigenvalue weighted by atomic mass is 9.87. The fraction of sp³-hybridized carbons (Fsp3) is 0.235. The summed E-state index contributed by atoms with van der Waals surface area (Å²) >= 11 is 0. The Morgan fingerprint density at radius 1 is 1.12 bits per heavy atom. The number of nitrogens with one attached hydrogen (secondary N) is 1. The van der Waals surface area contributed by atoms with E-state index in [0.29, 0.717) is 5.69 Å². The number of nitriles is 3. The van der Waals surface area contributed by atoms with Crippen LogP contribution in [0.2, 0.25) is 0 Å². The summed E-state index contributed by atoms with van der Waals surface area (Å²) < 4.78 is 46.1. The maximum absolute atomic E-state index is 13.7. The van der Waals surface area contributed by atoms with Crippen LogP contribution in [0.4, 0.5) is 18.9 Å². The van der Waals surface area contributed by atoms with Crippen LogP contribution in [0.1, 0.15) is 12.5 Å². The Hall–Kier alpha value is -3.44. The molecule has 126 valence electrons. The molecule has 1 aromatic carbocycles. The van der Waals surface area contributed by atoms with Crippen LogP contribution in [-0.2, 0) is 4.74 Å². The number of anilines is 1. The number of nitrogens with zero attached hydrogens (tertiary/aromatic N) is 3. The van der Waals surface area contributed by atoms with E-state index in [1.165, 1.54) is 24.3 Å². The molecule has 1 aromatic rings. The van der Waals surface area contributed by atoms with E-state index in [4.69, 9.17) is 15.3 Å². The van der Waals surface area contributed by atoms with Crippen LogP contribution >= 0.6 is 0 Å². The zero-order valence-corrected chi connectivity index (χ0v) is 13.2.